The maximum absolute atomic E-state index is 12.3. The van der Waals surface area contributed by atoms with Crippen LogP contribution in [-0.4, -0.2) is 46.9 Å². The summed E-state index contributed by atoms with van der Waals surface area (Å²) in [6, 6.07) is 0. The predicted molar refractivity (Wildman–Crippen MR) is 74.0 cm³/mol. The van der Waals surface area contributed by atoms with Gasteiger partial charge in [0.1, 0.15) is 0 Å². The van der Waals surface area contributed by atoms with Crippen molar-refractivity contribution in [3.63, 3.8) is 0 Å². The van der Waals surface area contributed by atoms with Gasteiger partial charge in [0.05, 0.1) is 6.42 Å². The van der Waals surface area contributed by atoms with Gasteiger partial charge in [0.25, 0.3) is 0 Å². The second-order valence-electron chi connectivity index (χ2n) is 6.14. The zero-order chi connectivity index (χ0) is 15.5. The minimum absolute atomic E-state index is 0.00971. The van der Waals surface area contributed by atoms with Gasteiger partial charge in [0.15, 0.2) is 0 Å². The lowest BCUT2D eigenvalue weighted by atomic mass is 9.84. The van der Waals surface area contributed by atoms with Gasteiger partial charge in [0, 0.05) is 31.5 Å². The second kappa shape index (κ2) is 6.24. The Morgan fingerprint density at radius 2 is 2.10 bits per heavy atom. The number of nitrogens with zero attached hydrogens (tertiary/aromatic N) is 1. The molecule has 6 heteroatoms. The first-order valence-corrected chi connectivity index (χ1v) is 6.93. The van der Waals surface area contributed by atoms with Crippen LogP contribution in [0.25, 0.3) is 0 Å². The van der Waals surface area contributed by atoms with E-state index in [2.05, 4.69) is 5.32 Å². The van der Waals surface area contributed by atoms with Gasteiger partial charge < -0.3 is 15.3 Å². The molecule has 2 N–H and O–H groups in total. The average Bonchev–Trinajstić information content (AvgIpc) is 2.31. The van der Waals surface area contributed by atoms with Crippen molar-refractivity contribution in [3.8, 4) is 0 Å². The summed E-state index contributed by atoms with van der Waals surface area (Å²) >= 11 is 0. The number of carboxylic acids is 1. The number of rotatable bonds is 5. The van der Waals surface area contributed by atoms with E-state index in [0.29, 0.717) is 13.0 Å². The van der Waals surface area contributed by atoms with Crippen LogP contribution < -0.4 is 5.32 Å². The fourth-order valence-corrected chi connectivity index (χ4v) is 2.26. The van der Waals surface area contributed by atoms with Gasteiger partial charge in [0.2, 0.25) is 11.8 Å². The fraction of sp³-hybridized carbons (Fsp3) is 0.786. The molecule has 1 saturated heterocycles. The normalized spacial score (nSPS) is 22.6. The highest BCUT2D eigenvalue weighted by Gasteiger charge is 2.36. The highest BCUT2D eigenvalue weighted by atomic mass is 16.4. The SMILES string of the molecule is CC(C)C(C)(CC(=O)O)NC(=O)C1CCN(C)C(=O)C1. The summed E-state index contributed by atoms with van der Waals surface area (Å²) in [5, 5.41) is 11.8. The van der Waals surface area contributed by atoms with E-state index in [1.807, 2.05) is 13.8 Å². The highest BCUT2D eigenvalue weighted by Crippen LogP contribution is 2.24. The van der Waals surface area contributed by atoms with Crippen LogP contribution in [0.1, 0.15) is 40.0 Å². The third-order valence-corrected chi connectivity index (χ3v) is 4.23. The third kappa shape index (κ3) is 3.95. The first kappa shape index (κ1) is 16.5. The summed E-state index contributed by atoms with van der Waals surface area (Å²) in [4.78, 5) is 36.5. The molecule has 1 rings (SSSR count). The molecule has 6 nitrogen and oxygen atoms in total. The minimum Gasteiger partial charge on any atom is -0.481 e. The number of aliphatic carboxylic acids is 1. The minimum atomic E-state index is -0.944. The molecule has 0 aromatic carbocycles. The van der Waals surface area contributed by atoms with Crippen molar-refractivity contribution < 1.29 is 19.5 Å². The molecule has 2 unspecified atom stereocenters. The molecule has 20 heavy (non-hydrogen) atoms. The zero-order valence-electron chi connectivity index (χ0n) is 12.6. The Balaban J connectivity index is 2.72. The third-order valence-electron chi connectivity index (χ3n) is 4.23. The maximum Gasteiger partial charge on any atom is 0.305 e. The highest BCUT2D eigenvalue weighted by molar-refractivity contribution is 5.87. The van der Waals surface area contributed by atoms with E-state index in [-0.39, 0.29) is 36.5 Å². The quantitative estimate of drug-likeness (QED) is 0.784. The second-order valence-corrected chi connectivity index (χ2v) is 6.14. The van der Waals surface area contributed by atoms with E-state index in [1.54, 1.807) is 18.9 Å². The van der Waals surface area contributed by atoms with E-state index in [0.717, 1.165) is 0 Å². The number of carbonyl (C=O) groups excluding carboxylic acids is 2. The molecule has 0 radical (unpaired) electrons. The smallest absolute Gasteiger partial charge is 0.305 e. The van der Waals surface area contributed by atoms with Gasteiger partial charge in [-0.1, -0.05) is 13.8 Å². The summed E-state index contributed by atoms with van der Waals surface area (Å²) in [6.45, 7) is 6.06. The van der Waals surface area contributed by atoms with E-state index < -0.39 is 11.5 Å². The molecule has 0 saturated carbocycles. The molecular formula is C14H24N2O4. The molecule has 0 bridgehead atoms. The van der Waals surface area contributed by atoms with E-state index in [4.69, 9.17) is 5.11 Å². The zero-order valence-corrected chi connectivity index (χ0v) is 12.6. The molecule has 1 aliphatic heterocycles. The number of likely N-dealkylation sites (tertiary alicyclic amines) is 1. The van der Waals surface area contributed by atoms with Crippen LogP contribution in [-0.2, 0) is 14.4 Å². The summed E-state index contributed by atoms with van der Waals surface area (Å²) in [7, 11) is 1.72. The van der Waals surface area contributed by atoms with Crippen molar-refractivity contribution in [3.05, 3.63) is 0 Å². The van der Waals surface area contributed by atoms with E-state index >= 15 is 0 Å². The van der Waals surface area contributed by atoms with Crippen molar-refractivity contribution in [2.24, 2.45) is 11.8 Å². The number of carboxylic acid groups (broad SMARTS) is 1. The Hall–Kier alpha value is -1.59. The molecule has 0 aromatic rings. The van der Waals surface area contributed by atoms with Gasteiger partial charge in [-0.15, -0.1) is 0 Å². The van der Waals surface area contributed by atoms with Crippen molar-refractivity contribution in [2.45, 2.75) is 45.6 Å². The molecule has 0 spiro atoms. The Kier molecular flexibility index (Phi) is 5.14. The number of nitrogens with one attached hydrogen (secondary N) is 1. The fourth-order valence-electron chi connectivity index (χ4n) is 2.26. The Morgan fingerprint density at radius 1 is 1.50 bits per heavy atom. The van der Waals surface area contributed by atoms with Crippen LogP contribution in [0.5, 0.6) is 0 Å². The first-order valence-electron chi connectivity index (χ1n) is 6.93. The van der Waals surface area contributed by atoms with Crippen molar-refractivity contribution in [1.82, 2.24) is 10.2 Å². The molecule has 0 aromatic heterocycles. The number of hydrogen-bond acceptors (Lipinski definition) is 3. The molecule has 1 heterocycles. The molecule has 1 aliphatic rings. The molecule has 114 valence electrons. The largest absolute Gasteiger partial charge is 0.481 e. The van der Waals surface area contributed by atoms with Crippen molar-refractivity contribution in [1.29, 1.82) is 0 Å². The summed E-state index contributed by atoms with van der Waals surface area (Å²) in [5.41, 5.74) is -0.796. The van der Waals surface area contributed by atoms with Crippen molar-refractivity contribution >= 4 is 17.8 Å². The molecule has 2 atom stereocenters. The lowest BCUT2D eigenvalue weighted by molar-refractivity contribution is -0.142. The van der Waals surface area contributed by atoms with Crippen LogP contribution in [0.3, 0.4) is 0 Å². The summed E-state index contributed by atoms with van der Waals surface area (Å²) in [5.74, 6) is -1.57. The molecule has 0 aliphatic carbocycles. The van der Waals surface area contributed by atoms with Gasteiger partial charge in [-0.05, 0) is 19.3 Å². The van der Waals surface area contributed by atoms with Gasteiger partial charge in [-0.3, -0.25) is 14.4 Å². The number of piperidine rings is 1. The van der Waals surface area contributed by atoms with Crippen LogP contribution in [0, 0.1) is 11.8 Å². The topological polar surface area (TPSA) is 86.7 Å². The van der Waals surface area contributed by atoms with Crippen molar-refractivity contribution in [2.75, 3.05) is 13.6 Å². The molecule has 2 amide bonds. The number of hydrogen-bond donors (Lipinski definition) is 2. The Labute approximate surface area is 119 Å². The lowest BCUT2D eigenvalue weighted by Crippen LogP contribution is -2.54. The van der Waals surface area contributed by atoms with Gasteiger partial charge in [-0.2, -0.15) is 0 Å². The maximum atomic E-state index is 12.3. The first-order chi connectivity index (χ1) is 9.15. The van der Waals surface area contributed by atoms with Gasteiger partial charge >= 0.3 is 5.97 Å². The van der Waals surface area contributed by atoms with E-state index in [9.17, 15) is 14.4 Å². The standard InChI is InChI=1S/C14H24N2O4/c1-9(2)14(3,8-12(18)19)15-13(20)10-5-6-16(4)11(17)7-10/h9-10H,5-8H2,1-4H3,(H,15,20)(H,18,19). The van der Waals surface area contributed by atoms with Crippen LogP contribution >= 0.6 is 0 Å². The monoisotopic (exact) mass is 284 g/mol. The lowest BCUT2D eigenvalue weighted by Gasteiger charge is -2.36. The van der Waals surface area contributed by atoms with Crippen LogP contribution in [0.2, 0.25) is 0 Å². The molecule has 1 fully saturated rings. The number of carbonyl (C=O) groups is 3. The predicted octanol–water partition coefficient (Wildman–Crippen LogP) is 0.860. The Morgan fingerprint density at radius 3 is 2.55 bits per heavy atom. The van der Waals surface area contributed by atoms with Gasteiger partial charge in [-0.25, -0.2) is 0 Å². The summed E-state index contributed by atoms with van der Waals surface area (Å²) < 4.78 is 0. The van der Waals surface area contributed by atoms with E-state index in [1.165, 1.54) is 0 Å². The average molecular weight is 284 g/mol. The summed E-state index contributed by atoms with van der Waals surface area (Å²) in [6.07, 6.45) is 0.690. The number of amides is 2. The van der Waals surface area contributed by atoms with Crippen LogP contribution in [0.4, 0.5) is 0 Å². The Bertz CT molecular complexity index is 408. The molecular weight excluding hydrogens is 260 g/mol. The van der Waals surface area contributed by atoms with Crippen LogP contribution in [0.15, 0.2) is 0 Å².